The molecule has 0 fully saturated rings. The van der Waals surface area contributed by atoms with E-state index in [9.17, 15) is 9.90 Å². The van der Waals surface area contributed by atoms with Gasteiger partial charge in [0.15, 0.2) is 0 Å². The molecular weight excluding hydrogens is 286 g/mol. The molecule has 0 saturated heterocycles. The van der Waals surface area contributed by atoms with Crippen molar-refractivity contribution in [2.75, 3.05) is 13.7 Å². The maximum atomic E-state index is 12.1. The Morgan fingerprint density at radius 2 is 2.27 bits per heavy atom. The molecule has 1 amide bonds. The van der Waals surface area contributed by atoms with Gasteiger partial charge in [-0.25, -0.2) is 0 Å². The van der Waals surface area contributed by atoms with Gasteiger partial charge in [-0.3, -0.25) is 9.48 Å². The third kappa shape index (κ3) is 3.48. The Morgan fingerprint density at radius 3 is 2.86 bits per heavy atom. The molecule has 2 aromatic heterocycles. The van der Waals surface area contributed by atoms with Crippen LogP contribution in [0.25, 0.3) is 0 Å². The molecule has 0 saturated carbocycles. The fourth-order valence-corrected chi connectivity index (χ4v) is 2.33. The molecule has 2 aromatic rings. The molecule has 0 aromatic carbocycles. The minimum Gasteiger partial charge on any atom is -0.479 e. The van der Waals surface area contributed by atoms with E-state index in [1.54, 1.807) is 13.2 Å². The third-order valence-corrected chi connectivity index (χ3v) is 3.37. The summed E-state index contributed by atoms with van der Waals surface area (Å²) in [5.41, 5.74) is 1.13. The predicted octanol–water partition coefficient (Wildman–Crippen LogP) is 1.49. The maximum Gasteiger partial charge on any atom is 0.258 e. The SMILES string of the molecule is COc1nn(C)cc1C(=O)NCC[C@@H](O)c1cc(C)oc1C. The second-order valence-corrected chi connectivity index (χ2v) is 5.15. The van der Waals surface area contributed by atoms with E-state index in [0.717, 1.165) is 11.3 Å². The highest BCUT2D eigenvalue weighted by Gasteiger charge is 2.18. The van der Waals surface area contributed by atoms with Crippen LogP contribution in [0.15, 0.2) is 16.7 Å². The lowest BCUT2D eigenvalue weighted by molar-refractivity contribution is 0.0939. The summed E-state index contributed by atoms with van der Waals surface area (Å²) in [7, 11) is 3.18. The van der Waals surface area contributed by atoms with Crippen LogP contribution in [0.2, 0.25) is 0 Å². The van der Waals surface area contributed by atoms with Crippen LogP contribution in [0.4, 0.5) is 0 Å². The monoisotopic (exact) mass is 307 g/mol. The molecule has 1 atom stereocenters. The Bertz CT molecular complexity index is 660. The van der Waals surface area contributed by atoms with Crippen molar-refractivity contribution >= 4 is 5.91 Å². The molecule has 7 nitrogen and oxygen atoms in total. The minimum atomic E-state index is -0.673. The molecule has 0 aliphatic rings. The maximum absolute atomic E-state index is 12.1. The molecule has 120 valence electrons. The van der Waals surface area contributed by atoms with E-state index in [1.807, 2.05) is 19.9 Å². The van der Waals surface area contributed by atoms with Crippen LogP contribution in [0.1, 0.15) is 40.0 Å². The molecule has 7 heteroatoms. The van der Waals surface area contributed by atoms with E-state index in [4.69, 9.17) is 9.15 Å². The highest BCUT2D eigenvalue weighted by molar-refractivity contribution is 5.96. The average Bonchev–Trinajstić information content (AvgIpc) is 3.00. The Hall–Kier alpha value is -2.28. The van der Waals surface area contributed by atoms with Crippen LogP contribution in [-0.4, -0.2) is 34.4 Å². The summed E-state index contributed by atoms with van der Waals surface area (Å²) in [5, 5.41) is 16.9. The number of hydrogen-bond acceptors (Lipinski definition) is 5. The van der Waals surface area contributed by atoms with Crippen LogP contribution in [0, 0.1) is 13.8 Å². The first-order chi connectivity index (χ1) is 10.4. The number of amides is 1. The number of aliphatic hydroxyl groups excluding tert-OH is 1. The lowest BCUT2D eigenvalue weighted by Gasteiger charge is -2.10. The van der Waals surface area contributed by atoms with E-state index >= 15 is 0 Å². The molecule has 0 unspecified atom stereocenters. The van der Waals surface area contributed by atoms with Gasteiger partial charge in [0.2, 0.25) is 5.88 Å². The average molecular weight is 307 g/mol. The Balaban J connectivity index is 1.90. The van der Waals surface area contributed by atoms with Gasteiger partial charge < -0.3 is 19.6 Å². The van der Waals surface area contributed by atoms with Gasteiger partial charge in [-0.05, 0) is 26.3 Å². The van der Waals surface area contributed by atoms with Gasteiger partial charge in [-0.15, -0.1) is 5.10 Å². The molecule has 2 heterocycles. The normalized spacial score (nSPS) is 12.2. The summed E-state index contributed by atoms with van der Waals surface area (Å²) in [6.07, 6.45) is 1.32. The number of carbonyl (C=O) groups excluding carboxylic acids is 1. The number of nitrogens with zero attached hydrogens (tertiary/aromatic N) is 2. The second kappa shape index (κ2) is 6.65. The summed E-state index contributed by atoms with van der Waals surface area (Å²) in [4.78, 5) is 12.1. The number of furan rings is 1. The van der Waals surface area contributed by atoms with Crippen molar-refractivity contribution < 1.29 is 19.1 Å². The van der Waals surface area contributed by atoms with Crippen molar-refractivity contribution in [2.45, 2.75) is 26.4 Å². The van der Waals surface area contributed by atoms with Crippen LogP contribution >= 0.6 is 0 Å². The lowest BCUT2D eigenvalue weighted by Crippen LogP contribution is -2.25. The van der Waals surface area contributed by atoms with Gasteiger partial charge in [0.1, 0.15) is 17.1 Å². The second-order valence-electron chi connectivity index (χ2n) is 5.15. The predicted molar refractivity (Wildman–Crippen MR) is 79.9 cm³/mol. The van der Waals surface area contributed by atoms with Crippen LogP contribution in [0.3, 0.4) is 0 Å². The first kappa shape index (κ1) is 16.1. The van der Waals surface area contributed by atoms with Gasteiger partial charge in [0.05, 0.1) is 13.2 Å². The number of nitrogens with one attached hydrogen (secondary N) is 1. The summed E-state index contributed by atoms with van der Waals surface area (Å²) in [5.74, 6) is 1.46. The van der Waals surface area contributed by atoms with E-state index in [2.05, 4.69) is 10.4 Å². The van der Waals surface area contributed by atoms with Crippen LogP contribution < -0.4 is 10.1 Å². The summed E-state index contributed by atoms with van der Waals surface area (Å²) >= 11 is 0. The first-order valence-electron chi connectivity index (χ1n) is 7.03. The van der Waals surface area contributed by atoms with Crippen LogP contribution in [-0.2, 0) is 7.05 Å². The van der Waals surface area contributed by atoms with Gasteiger partial charge in [0, 0.05) is 25.4 Å². The number of carbonyl (C=O) groups is 1. The quantitative estimate of drug-likeness (QED) is 0.844. The van der Waals surface area contributed by atoms with E-state index in [0.29, 0.717) is 24.3 Å². The third-order valence-electron chi connectivity index (χ3n) is 3.37. The summed E-state index contributed by atoms with van der Waals surface area (Å²) in [6, 6.07) is 1.81. The molecular formula is C15H21N3O4. The van der Waals surface area contributed by atoms with Crippen molar-refractivity contribution in [1.29, 1.82) is 0 Å². The minimum absolute atomic E-state index is 0.279. The topological polar surface area (TPSA) is 89.5 Å². The standard InChI is InChI=1S/C15H21N3O4/c1-9-7-11(10(2)22-9)13(19)5-6-16-14(20)12-8-18(3)17-15(12)21-4/h7-8,13,19H,5-6H2,1-4H3,(H,16,20)/t13-/m1/s1. The van der Waals surface area contributed by atoms with E-state index in [1.165, 1.54) is 11.8 Å². The van der Waals surface area contributed by atoms with Gasteiger partial charge in [-0.1, -0.05) is 0 Å². The molecule has 0 bridgehead atoms. The molecule has 0 spiro atoms. The van der Waals surface area contributed by atoms with Gasteiger partial charge in [0.25, 0.3) is 5.91 Å². The Morgan fingerprint density at radius 1 is 1.55 bits per heavy atom. The number of methoxy groups -OCH3 is 1. The Kier molecular flexibility index (Phi) is 4.87. The first-order valence-corrected chi connectivity index (χ1v) is 7.03. The number of hydrogen-bond donors (Lipinski definition) is 2. The Labute approximate surface area is 128 Å². The smallest absolute Gasteiger partial charge is 0.258 e. The molecule has 22 heavy (non-hydrogen) atoms. The van der Waals surface area contributed by atoms with Crippen LogP contribution in [0.5, 0.6) is 5.88 Å². The molecule has 0 aliphatic carbocycles. The lowest BCUT2D eigenvalue weighted by atomic mass is 10.1. The fourth-order valence-electron chi connectivity index (χ4n) is 2.33. The molecule has 2 N–H and O–H groups in total. The number of rotatable bonds is 6. The molecule has 2 rings (SSSR count). The van der Waals surface area contributed by atoms with E-state index in [-0.39, 0.29) is 11.8 Å². The zero-order valence-electron chi connectivity index (χ0n) is 13.2. The highest BCUT2D eigenvalue weighted by Crippen LogP contribution is 2.23. The highest BCUT2D eigenvalue weighted by atomic mass is 16.5. The van der Waals surface area contributed by atoms with Crippen molar-refractivity contribution in [3.63, 3.8) is 0 Å². The van der Waals surface area contributed by atoms with Crippen molar-refractivity contribution in [2.24, 2.45) is 7.05 Å². The molecule has 0 radical (unpaired) electrons. The van der Waals surface area contributed by atoms with Gasteiger partial charge in [-0.2, -0.15) is 0 Å². The zero-order chi connectivity index (χ0) is 16.3. The van der Waals surface area contributed by atoms with Crippen molar-refractivity contribution in [1.82, 2.24) is 15.1 Å². The number of aliphatic hydroxyl groups is 1. The van der Waals surface area contributed by atoms with Crippen molar-refractivity contribution in [3.05, 3.63) is 34.9 Å². The van der Waals surface area contributed by atoms with Gasteiger partial charge >= 0.3 is 0 Å². The largest absolute Gasteiger partial charge is 0.479 e. The fraction of sp³-hybridized carbons (Fsp3) is 0.467. The number of ether oxygens (including phenoxy) is 1. The summed E-state index contributed by atoms with van der Waals surface area (Å²) < 4.78 is 12.0. The number of aryl methyl sites for hydroxylation is 3. The van der Waals surface area contributed by atoms with Crippen molar-refractivity contribution in [3.8, 4) is 5.88 Å². The number of aromatic nitrogens is 2. The van der Waals surface area contributed by atoms with E-state index < -0.39 is 6.10 Å². The zero-order valence-corrected chi connectivity index (χ0v) is 13.2. The molecule has 0 aliphatic heterocycles. The summed E-state index contributed by atoms with van der Waals surface area (Å²) in [6.45, 7) is 3.98.